The van der Waals surface area contributed by atoms with E-state index in [1.165, 1.54) is 0 Å². The van der Waals surface area contributed by atoms with E-state index >= 15 is 0 Å². The fourth-order valence-corrected chi connectivity index (χ4v) is 1.63. The number of hydrogen-bond acceptors (Lipinski definition) is 2. The molecule has 0 amide bonds. The highest BCUT2D eigenvalue weighted by molar-refractivity contribution is 9.10. The van der Waals surface area contributed by atoms with Crippen LogP contribution in [0.2, 0.25) is 0 Å². The summed E-state index contributed by atoms with van der Waals surface area (Å²) in [5, 5.41) is 9.56. The third kappa shape index (κ3) is 4.22. The maximum atomic E-state index is 9.56. The zero-order valence-corrected chi connectivity index (χ0v) is 11.0. The van der Waals surface area contributed by atoms with Crippen molar-refractivity contribution < 1.29 is 9.84 Å². The molecule has 2 nitrogen and oxygen atoms in total. The van der Waals surface area contributed by atoms with Gasteiger partial charge in [-0.2, -0.15) is 0 Å². The highest BCUT2D eigenvalue weighted by Crippen LogP contribution is 2.24. The Kier molecular flexibility index (Phi) is 4.17. The van der Waals surface area contributed by atoms with E-state index in [2.05, 4.69) is 22.9 Å². The number of aliphatic hydroxyl groups is 1. The molecule has 1 rings (SSSR count). The molecule has 0 saturated carbocycles. The number of rotatable bonds is 4. The minimum absolute atomic E-state index is 0.307. The van der Waals surface area contributed by atoms with Crippen molar-refractivity contribution in [1.82, 2.24) is 0 Å². The SMILES string of the molecule is CCc1cc(Br)ccc1OCC(C)(C)O. The summed E-state index contributed by atoms with van der Waals surface area (Å²) >= 11 is 3.42. The number of hydrogen-bond donors (Lipinski definition) is 1. The van der Waals surface area contributed by atoms with Crippen LogP contribution in [0.15, 0.2) is 22.7 Å². The van der Waals surface area contributed by atoms with Gasteiger partial charge in [-0.15, -0.1) is 0 Å². The Bertz CT molecular complexity index is 329. The van der Waals surface area contributed by atoms with Gasteiger partial charge in [0.1, 0.15) is 12.4 Å². The van der Waals surface area contributed by atoms with E-state index in [-0.39, 0.29) is 0 Å². The van der Waals surface area contributed by atoms with E-state index < -0.39 is 5.60 Å². The van der Waals surface area contributed by atoms with Crippen LogP contribution in [0.3, 0.4) is 0 Å². The number of aryl methyl sites for hydroxylation is 1. The smallest absolute Gasteiger partial charge is 0.122 e. The van der Waals surface area contributed by atoms with Crippen molar-refractivity contribution in [3.63, 3.8) is 0 Å². The Hall–Kier alpha value is -0.540. The molecule has 0 spiro atoms. The van der Waals surface area contributed by atoms with E-state index in [1.54, 1.807) is 13.8 Å². The second kappa shape index (κ2) is 4.99. The summed E-state index contributed by atoms with van der Waals surface area (Å²) in [6.45, 7) is 5.86. The first-order valence-corrected chi connectivity index (χ1v) is 5.85. The minimum atomic E-state index is -0.794. The van der Waals surface area contributed by atoms with Crippen LogP contribution < -0.4 is 4.74 Å². The summed E-state index contributed by atoms with van der Waals surface area (Å²) in [6, 6.07) is 5.91. The average Bonchev–Trinajstić information content (AvgIpc) is 2.14. The monoisotopic (exact) mass is 272 g/mol. The number of ether oxygens (including phenoxy) is 1. The molecule has 1 aromatic carbocycles. The van der Waals surface area contributed by atoms with Crippen LogP contribution in [0, 0.1) is 0 Å². The van der Waals surface area contributed by atoms with E-state index in [4.69, 9.17) is 4.74 Å². The molecule has 0 saturated heterocycles. The highest BCUT2D eigenvalue weighted by atomic mass is 79.9. The summed E-state index contributed by atoms with van der Waals surface area (Å²) < 4.78 is 6.63. The molecule has 0 radical (unpaired) electrons. The van der Waals surface area contributed by atoms with E-state index in [9.17, 15) is 5.11 Å². The Morgan fingerprint density at radius 1 is 1.40 bits per heavy atom. The molecule has 0 aliphatic heterocycles. The maximum absolute atomic E-state index is 9.56. The Labute approximate surface area is 99.4 Å². The van der Waals surface area contributed by atoms with Crippen LogP contribution in [0.25, 0.3) is 0 Å². The van der Waals surface area contributed by atoms with E-state index in [0.29, 0.717) is 6.61 Å². The summed E-state index contributed by atoms with van der Waals surface area (Å²) in [7, 11) is 0. The van der Waals surface area contributed by atoms with Gasteiger partial charge in [-0.3, -0.25) is 0 Å². The first kappa shape index (κ1) is 12.5. The molecule has 0 atom stereocenters. The van der Waals surface area contributed by atoms with Crippen molar-refractivity contribution in [2.75, 3.05) is 6.61 Å². The molecule has 84 valence electrons. The summed E-state index contributed by atoms with van der Waals surface area (Å²) in [5.74, 6) is 0.850. The third-order valence-corrected chi connectivity index (χ3v) is 2.48. The molecule has 0 aliphatic rings. The third-order valence-electron chi connectivity index (χ3n) is 1.98. The summed E-state index contributed by atoms with van der Waals surface area (Å²) in [6.07, 6.45) is 0.917. The normalized spacial score (nSPS) is 11.5. The molecule has 0 unspecified atom stereocenters. The number of benzene rings is 1. The van der Waals surface area contributed by atoms with Gasteiger partial charge in [0.05, 0.1) is 5.60 Å². The van der Waals surface area contributed by atoms with Gasteiger partial charge in [0.15, 0.2) is 0 Å². The molecule has 15 heavy (non-hydrogen) atoms. The fourth-order valence-electron chi connectivity index (χ4n) is 1.22. The zero-order chi connectivity index (χ0) is 11.5. The Morgan fingerprint density at radius 3 is 2.60 bits per heavy atom. The van der Waals surface area contributed by atoms with Crippen LogP contribution in [0.5, 0.6) is 5.75 Å². The van der Waals surface area contributed by atoms with Crippen LogP contribution >= 0.6 is 15.9 Å². The highest BCUT2D eigenvalue weighted by Gasteiger charge is 2.14. The van der Waals surface area contributed by atoms with Crippen molar-refractivity contribution in [3.8, 4) is 5.75 Å². The van der Waals surface area contributed by atoms with E-state index in [1.807, 2.05) is 18.2 Å². The fraction of sp³-hybridized carbons (Fsp3) is 0.500. The largest absolute Gasteiger partial charge is 0.490 e. The van der Waals surface area contributed by atoms with Gasteiger partial charge in [0.2, 0.25) is 0 Å². The zero-order valence-electron chi connectivity index (χ0n) is 9.38. The van der Waals surface area contributed by atoms with Crippen LogP contribution in [0.1, 0.15) is 26.3 Å². The summed E-state index contributed by atoms with van der Waals surface area (Å²) in [4.78, 5) is 0. The van der Waals surface area contributed by atoms with Crippen LogP contribution in [-0.2, 0) is 6.42 Å². The van der Waals surface area contributed by atoms with Crippen molar-refractivity contribution in [2.45, 2.75) is 32.8 Å². The molecule has 1 aromatic rings. The van der Waals surface area contributed by atoms with Crippen molar-refractivity contribution >= 4 is 15.9 Å². The predicted molar refractivity (Wildman–Crippen MR) is 65.3 cm³/mol. The van der Waals surface area contributed by atoms with Crippen molar-refractivity contribution in [3.05, 3.63) is 28.2 Å². The standard InChI is InChI=1S/C12H17BrO2/c1-4-9-7-10(13)5-6-11(9)15-8-12(2,3)14/h5-7,14H,4,8H2,1-3H3. The quantitative estimate of drug-likeness (QED) is 0.913. The molecule has 0 aromatic heterocycles. The van der Waals surface area contributed by atoms with Gasteiger partial charge in [-0.05, 0) is 44.0 Å². The lowest BCUT2D eigenvalue weighted by molar-refractivity contribution is 0.0282. The first-order chi connectivity index (χ1) is 6.92. The van der Waals surface area contributed by atoms with Gasteiger partial charge < -0.3 is 9.84 Å². The van der Waals surface area contributed by atoms with Gasteiger partial charge in [0.25, 0.3) is 0 Å². The molecule has 0 aliphatic carbocycles. The molecule has 0 fully saturated rings. The molecular weight excluding hydrogens is 256 g/mol. The van der Waals surface area contributed by atoms with Gasteiger partial charge in [-0.1, -0.05) is 22.9 Å². The topological polar surface area (TPSA) is 29.5 Å². The van der Waals surface area contributed by atoms with Crippen molar-refractivity contribution in [2.24, 2.45) is 0 Å². The molecule has 0 heterocycles. The van der Waals surface area contributed by atoms with Crippen molar-refractivity contribution in [1.29, 1.82) is 0 Å². The number of halogens is 1. The Balaban J connectivity index is 2.76. The lowest BCUT2D eigenvalue weighted by Gasteiger charge is -2.19. The molecule has 0 bridgehead atoms. The lowest BCUT2D eigenvalue weighted by Crippen LogP contribution is -2.28. The molecule has 3 heteroatoms. The maximum Gasteiger partial charge on any atom is 0.122 e. The summed E-state index contributed by atoms with van der Waals surface area (Å²) in [5.41, 5.74) is 0.353. The first-order valence-electron chi connectivity index (χ1n) is 5.06. The predicted octanol–water partition coefficient (Wildman–Crippen LogP) is 3.16. The second-order valence-corrected chi connectivity index (χ2v) is 5.12. The van der Waals surface area contributed by atoms with Crippen LogP contribution in [0.4, 0.5) is 0 Å². The van der Waals surface area contributed by atoms with E-state index in [0.717, 1.165) is 22.2 Å². The average molecular weight is 273 g/mol. The Morgan fingerprint density at radius 2 is 2.07 bits per heavy atom. The van der Waals surface area contributed by atoms with Crippen LogP contribution in [-0.4, -0.2) is 17.3 Å². The second-order valence-electron chi connectivity index (χ2n) is 4.21. The molecule has 1 N–H and O–H groups in total. The molecular formula is C12H17BrO2. The van der Waals surface area contributed by atoms with Gasteiger partial charge in [-0.25, -0.2) is 0 Å². The minimum Gasteiger partial charge on any atom is -0.490 e. The van der Waals surface area contributed by atoms with Gasteiger partial charge in [0, 0.05) is 4.47 Å². The van der Waals surface area contributed by atoms with Gasteiger partial charge >= 0.3 is 0 Å². The lowest BCUT2D eigenvalue weighted by atomic mass is 10.1.